The molecule has 0 fully saturated rings. The highest BCUT2D eigenvalue weighted by molar-refractivity contribution is 5.72. The average molecular weight is 373 g/mol. The summed E-state index contributed by atoms with van der Waals surface area (Å²) in [5.41, 5.74) is 3.52. The number of nitriles is 1. The summed E-state index contributed by atoms with van der Waals surface area (Å²) >= 11 is 0. The van der Waals surface area contributed by atoms with E-state index < -0.39 is 0 Å². The summed E-state index contributed by atoms with van der Waals surface area (Å²) in [6.45, 7) is 8.03. The van der Waals surface area contributed by atoms with Crippen molar-refractivity contribution in [2.24, 2.45) is 10.2 Å². The number of rotatable bonds is 3. The molecule has 28 heavy (non-hydrogen) atoms. The summed E-state index contributed by atoms with van der Waals surface area (Å²) in [5, 5.41) is 37.1. The third-order valence-corrected chi connectivity index (χ3v) is 4.36. The number of aryl methyl sites for hydroxylation is 1. The van der Waals surface area contributed by atoms with Crippen molar-refractivity contribution in [2.45, 2.75) is 33.1 Å². The van der Waals surface area contributed by atoms with Crippen LogP contribution in [-0.4, -0.2) is 30.0 Å². The van der Waals surface area contributed by atoms with Crippen molar-refractivity contribution in [2.75, 3.05) is 0 Å². The first-order valence-corrected chi connectivity index (χ1v) is 8.80. The van der Waals surface area contributed by atoms with Crippen LogP contribution in [0.1, 0.15) is 37.9 Å². The largest absolute Gasteiger partial charge is 0.258 e. The highest BCUT2D eigenvalue weighted by Gasteiger charge is 2.26. The van der Waals surface area contributed by atoms with Crippen LogP contribution >= 0.6 is 0 Å². The van der Waals surface area contributed by atoms with Gasteiger partial charge in [0.15, 0.2) is 17.2 Å². The molecule has 2 N–H and O–H groups in total. The number of aromatic nitrogens is 6. The molecular weight excluding hydrogens is 354 g/mol. The lowest BCUT2D eigenvalue weighted by molar-refractivity contribution is 0.561. The molecule has 9 heteroatoms. The van der Waals surface area contributed by atoms with E-state index in [1.807, 2.05) is 37.3 Å². The van der Waals surface area contributed by atoms with Crippen LogP contribution in [0.15, 0.2) is 40.6 Å². The van der Waals surface area contributed by atoms with Gasteiger partial charge in [-0.3, -0.25) is 10.2 Å². The van der Waals surface area contributed by atoms with Crippen molar-refractivity contribution in [3.63, 3.8) is 0 Å². The molecule has 0 saturated heterocycles. The second-order valence-corrected chi connectivity index (χ2v) is 7.45. The molecule has 0 aliphatic carbocycles. The molecule has 4 rings (SSSR count). The molecule has 9 nitrogen and oxygen atoms in total. The standard InChI is InChI=1S/C19H19N9/c1-11-21-26-18-15(16(19(2,3)4)27-28(11)18)23-25-17-13(10-20)14(22-24-17)12-8-6-5-7-9-12/h5-9,26H,1-4H3,(H,22,24). The molecule has 0 atom stereocenters. The predicted octanol–water partition coefficient (Wildman–Crippen LogP) is 4.34. The Morgan fingerprint density at radius 1 is 1.07 bits per heavy atom. The first kappa shape index (κ1) is 17.6. The van der Waals surface area contributed by atoms with Crippen LogP contribution in [0.3, 0.4) is 0 Å². The van der Waals surface area contributed by atoms with Gasteiger partial charge in [-0.05, 0) is 6.92 Å². The maximum absolute atomic E-state index is 9.62. The topological polar surface area (TPSA) is 123 Å². The summed E-state index contributed by atoms with van der Waals surface area (Å²) in [4.78, 5) is 0. The molecule has 0 aliphatic heterocycles. The molecule has 0 radical (unpaired) electrons. The number of nitrogens with one attached hydrogen (secondary N) is 2. The quantitative estimate of drug-likeness (QED) is 0.518. The Morgan fingerprint density at radius 2 is 1.82 bits per heavy atom. The number of H-pyrrole nitrogens is 2. The Bertz CT molecular complexity index is 1210. The van der Waals surface area contributed by atoms with Gasteiger partial charge in [0.1, 0.15) is 23.2 Å². The van der Waals surface area contributed by atoms with E-state index in [9.17, 15) is 5.26 Å². The van der Waals surface area contributed by atoms with Gasteiger partial charge in [0, 0.05) is 11.0 Å². The van der Waals surface area contributed by atoms with E-state index in [-0.39, 0.29) is 5.41 Å². The summed E-state index contributed by atoms with van der Waals surface area (Å²) in [6.07, 6.45) is 0. The number of azo groups is 1. The van der Waals surface area contributed by atoms with Gasteiger partial charge in [0.2, 0.25) is 0 Å². The van der Waals surface area contributed by atoms with Crippen LogP contribution in [0.25, 0.3) is 16.9 Å². The van der Waals surface area contributed by atoms with Crippen LogP contribution in [0.5, 0.6) is 0 Å². The van der Waals surface area contributed by atoms with Crippen LogP contribution in [-0.2, 0) is 5.41 Å². The van der Waals surface area contributed by atoms with Crippen molar-refractivity contribution in [1.29, 1.82) is 5.26 Å². The smallest absolute Gasteiger partial charge is 0.189 e. The number of aromatic amines is 2. The maximum Gasteiger partial charge on any atom is 0.189 e. The van der Waals surface area contributed by atoms with E-state index >= 15 is 0 Å². The van der Waals surface area contributed by atoms with E-state index in [0.29, 0.717) is 28.4 Å². The molecule has 0 bridgehead atoms. The van der Waals surface area contributed by atoms with Crippen LogP contribution in [0.4, 0.5) is 11.5 Å². The minimum atomic E-state index is -0.241. The minimum Gasteiger partial charge on any atom is -0.258 e. The van der Waals surface area contributed by atoms with Gasteiger partial charge >= 0.3 is 0 Å². The number of hydrogen-bond donors (Lipinski definition) is 2. The first-order chi connectivity index (χ1) is 13.4. The van der Waals surface area contributed by atoms with Gasteiger partial charge in [-0.15, -0.1) is 10.2 Å². The molecule has 0 spiro atoms. The molecular formula is C19H19N9. The molecule has 3 aromatic heterocycles. The third-order valence-electron chi connectivity index (χ3n) is 4.36. The lowest BCUT2D eigenvalue weighted by atomic mass is 9.91. The van der Waals surface area contributed by atoms with E-state index in [1.54, 1.807) is 4.52 Å². The average Bonchev–Trinajstić information content (AvgIpc) is 3.35. The second-order valence-electron chi connectivity index (χ2n) is 7.45. The van der Waals surface area contributed by atoms with Gasteiger partial charge in [-0.25, -0.2) is 0 Å². The fourth-order valence-electron chi connectivity index (χ4n) is 2.94. The second kappa shape index (κ2) is 6.42. The number of hydrogen-bond acceptors (Lipinski definition) is 6. The van der Waals surface area contributed by atoms with Crippen molar-refractivity contribution < 1.29 is 0 Å². The zero-order chi connectivity index (χ0) is 19.9. The van der Waals surface area contributed by atoms with Gasteiger partial charge in [-0.1, -0.05) is 51.1 Å². The normalized spacial score (nSPS) is 12.1. The summed E-state index contributed by atoms with van der Waals surface area (Å²) in [7, 11) is 0. The lowest BCUT2D eigenvalue weighted by Gasteiger charge is -2.15. The first-order valence-electron chi connectivity index (χ1n) is 8.80. The maximum atomic E-state index is 9.62. The van der Waals surface area contributed by atoms with Crippen molar-refractivity contribution in [1.82, 2.24) is 30.0 Å². The molecule has 1 aromatic carbocycles. The fourth-order valence-corrected chi connectivity index (χ4v) is 2.94. The van der Waals surface area contributed by atoms with E-state index in [4.69, 9.17) is 0 Å². The number of benzene rings is 1. The summed E-state index contributed by atoms with van der Waals surface area (Å²) in [6, 6.07) is 11.7. The molecule has 0 aliphatic rings. The Hall–Kier alpha value is -3.80. The van der Waals surface area contributed by atoms with Gasteiger partial charge in [-0.2, -0.15) is 25.1 Å². The molecule has 0 unspecified atom stereocenters. The number of fused-ring (bicyclic) bond motifs is 1. The summed E-state index contributed by atoms with van der Waals surface area (Å²) in [5.74, 6) is 1.03. The fraction of sp³-hybridized carbons (Fsp3) is 0.263. The molecule has 0 amide bonds. The van der Waals surface area contributed by atoms with E-state index in [2.05, 4.69) is 62.6 Å². The Labute approximate surface area is 161 Å². The number of nitrogens with zero attached hydrogens (tertiary/aromatic N) is 7. The zero-order valence-corrected chi connectivity index (χ0v) is 16.0. The van der Waals surface area contributed by atoms with Crippen molar-refractivity contribution in [3.8, 4) is 17.3 Å². The van der Waals surface area contributed by atoms with Gasteiger partial charge < -0.3 is 0 Å². The molecule has 0 saturated carbocycles. The monoisotopic (exact) mass is 373 g/mol. The van der Waals surface area contributed by atoms with Gasteiger partial charge in [0.05, 0.1) is 5.69 Å². The van der Waals surface area contributed by atoms with Crippen LogP contribution < -0.4 is 0 Å². The SMILES string of the molecule is Cc1n[nH]c2c(N=Nc3[nH]nc(-c4ccccc4)c3C#N)c(C(C)(C)C)nn12. The Kier molecular flexibility index (Phi) is 4.04. The highest BCUT2D eigenvalue weighted by atomic mass is 15.4. The van der Waals surface area contributed by atoms with Crippen molar-refractivity contribution in [3.05, 3.63) is 47.4 Å². The Morgan fingerprint density at radius 3 is 2.50 bits per heavy atom. The lowest BCUT2D eigenvalue weighted by Crippen LogP contribution is -2.12. The van der Waals surface area contributed by atoms with Crippen LogP contribution in [0, 0.1) is 18.3 Å². The molecule has 140 valence electrons. The molecule has 3 heterocycles. The minimum absolute atomic E-state index is 0.241. The van der Waals surface area contributed by atoms with Crippen molar-refractivity contribution >= 4 is 17.2 Å². The Balaban J connectivity index is 1.81. The highest BCUT2D eigenvalue weighted by Crippen LogP contribution is 2.35. The van der Waals surface area contributed by atoms with Crippen LogP contribution in [0.2, 0.25) is 0 Å². The van der Waals surface area contributed by atoms with E-state index in [1.165, 1.54) is 0 Å². The molecule has 4 aromatic rings. The summed E-state index contributed by atoms with van der Waals surface area (Å²) < 4.78 is 1.71. The predicted molar refractivity (Wildman–Crippen MR) is 104 cm³/mol. The third kappa shape index (κ3) is 2.85. The van der Waals surface area contributed by atoms with Gasteiger partial charge in [0.25, 0.3) is 0 Å². The zero-order valence-electron chi connectivity index (χ0n) is 16.0. The van der Waals surface area contributed by atoms with E-state index in [0.717, 1.165) is 17.1 Å².